The highest BCUT2D eigenvalue weighted by Gasteiger charge is 2.15. The van der Waals surface area contributed by atoms with Crippen LogP contribution in [0.4, 0.5) is 5.13 Å². The Balaban J connectivity index is 2.75. The first-order valence-corrected chi connectivity index (χ1v) is 5.82. The van der Waals surface area contributed by atoms with Gasteiger partial charge in [-0.3, -0.25) is 4.79 Å². The van der Waals surface area contributed by atoms with Crippen LogP contribution in [0.1, 0.15) is 13.8 Å². The van der Waals surface area contributed by atoms with Crippen LogP contribution in [-0.4, -0.2) is 29.1 Å². The molecule has 0 atom stereocenters. The highest BCUT2D eigenvalue weighted by Crippen LogP contribution is 2.23. The molecule has 1 N–H and O–H groups in total. The van der Waals surface area contributed by atoms with E-state index in [1.54, 1.807) is 10.3 Å². The maximum Gasteiger partial charge on any atom is 0.323 e. The zero-order valence-corrected chi connectivity index (χ0v) is 10.2. The van der Waals surface area contributed by atoms with Gasteiger partial charge in [-0.1, -0.05) is 25.4 Å². The largest absolute Gasteiger partial charge is 0.480 e. The van der Waals surface area contributed by atoms with E-state index in [2.05, 4.69) is 4.98 Å². The number of rotatable bonds is 5. The van der Waals surface area contributed by atoms with Crippen LogP contribution in [0.25, 0.3) is 0 Å². The van der Waals surface area contributed by atoms with Gasteiger partial charge in [0.15, 0.2) is 5.13 Å². The molecule has 0 bridgehead atoms. The van der Waals surface area contributed by atoms with E-state index in [0.29, 0.717) is 22.7 Å². The van der Waals surface area contributed by atoms with E-state index in [1.165, 1.54) is 11.3 Å². The smallest absolute Gasteiger partial charge is 0.323 e. The number of thiazole rings is 1. The van der Waals surface area contributed by atoms with Gasteiger partial charge in [0.25, 0.3) is 0 Å². The lowest BCUT2D eigenvalue weighted by atomic mass is 10.2. The molecule has 0 aliphatic rings. The highest BCUT2D eigenvalue weighted by molar-refractivity contribution is 7.14. The van der Waals surface area contributed by atoms with Crippen LogP contribution in [0.2, 0.25) is 5.15 Å². The molecule has 1 rings (SSSR count). The molecule has 0 radical (unpaired) electrons. The molecule has 0 saturated heterocycles. The second kappa shape index (κ2) is 5.32. The van der Waals surface area contributed by atoms with Crippen LogP contribution < -0.4 is 4.90 Å². The Bertz CT molecular complexity index is 341. The number of hydrogen-bond acceptors (Lipinski definition) is 4. The van der Waals surface area contributed by atoms with Gasteiger partial charge in [0, 0.05) is 11.9 Å². The molecule has 84 valence electrons. The molecule has 4 nitrogen and oxygen atoms in total. The average Bonchev–Trinajstić information content (AvgIpc) is 2.48. The topological polar surface area (TPSA) is 53.4 Å². The van der Waals surface area contributed by atoms with E-state index in [1.807, 2.05) is 13.8 Å². The first kappa shape index (κ1) is 12.3. The number of aliphatic carboxylic acids is 1. The minimum atomic E-state index is -0.859. The zero-order valence-electron chi connectivity index (χ0n) is 8.61. The van der Waals surface area contributed by atoms with Crippen molar-refractivity contribution in [1.82, 2.24) is 4.98 Å². The third kappa shape index (κ3) is 4.05. The number of carboxylic acids is 1. The highest BCUT2D eigenvalue weighted by atomic mass is 35.5. The van der Waals surface area contributed by atoms with Gasteiger partial charge in [-0.05, 0) is 5.92 Å². The number of nitrogens with zero attached hydrogens (tertiary/aromatic N) is 2. The monoisotopic (exact) mass is 248 g/mol. The summed E-state index contributed by atoms with van der Waals surface area (Å²) in [7, 11) is 0. The second-order valence-electron chi connectivity index (χ2n) is 3.62. The standard InChI is InChI=1S/C9H13ClN2O2S/c1-6(2)3-12(4-8(13)14)9-11-7(10)5-15-9/h5-6H,3-4H2,1-2H3,(H,13,14). The van der Waals surface area contributed by atoms with Crippen molar-refractivity contribution in [3.8, 4) is 0 Å². The quantitative estimate of drug-likeness (QED) is 0.869. The normalized spacial score (nSPS) is 10.7. The van der Waals surface area contributed by atoms with E-state index < -0.39 is 5.97 Å². The molecule has 0 aliphatic carbocycles. The Kier molecular flexibility index (Phi) is 4.35. The molecule has 0 saturated carbocycles. The molecular weight excluding hydrogens is 236 g/mol. The summed E-state index contributed by atoms with van der Waals surface area (Å²) in [6.45, 7) is 4.69. The van der Waals surface area contributed by atoms with Crippen molar-refractivity contribution in [3.63, 3.8) is 0 Å². The Hall–Kier alpha value is -0.810. The summed E-state index contributed by atoms with van der Waals surface area (Å²) < 4.78 is 0. The lowest BCUT2D eigenvalue weighted by molar-refractivity contribution is -0.135. The maximum atomic E-state index is 10.7. The summed E-state index contributed by atoms with van der Waals surface area (Å²) in [6, 6.07) is 0. The Morgan fingerprint density at radius 2 is 2.40 bits per heavy atom. The van der Waals surface area contributed by atoms with Crippen LogP contribution in [0.3, 0.4) is 0 Å². The van der Waals surface area contributed by atoms with Gasteiger partial charge in [-0.2, -0.15) is 0 Å². The first-order valence-electron chi connectivity index (χ1n) is 4.56. The summed E-state index contributed by atoms with van der Waals surface area (Å²) in [4.78, 5) is 16.5. The third-order valence-electron chi connectivity index (χ3n) is 1.65. The molecule has 1 heterocycles. The predicted molar refractivity (Wildman–Crippen MR) is 61.8 cm³/mol. The summed E-state index contributed by atoms with van der Waals surface area (Å²) in [6.07, 6.45) is 0. The second-order valence-corrected chi connectivity index (χ2v) is 4.84. The summed E-state index contributed by atoms with van der Waals surface area (Å²) in [5, 5.41) is 11.5. The number of carboxylic acid groups (broad SMARTS) is 1. The van der Waals surface area contributed by atoms with Crippen molar-refractivity contribution in [2.24, 2.45) is 5.92 Å². The SMILES string of the molecule is CC(C)CN(CC(=O)O)c1nc(Cl)cs1. The fourth-order valence-corrected chi connectivity index (χ4v) is 2.16. The van der Waals surface area contributed by atoms with Crippen LogP contribution in [-0.2, 0) is 4.79 Å². The minimum Gasteiger partial charge on any atom is -0.480 e. The fourth-order valence-electron chi connectivity index (χ4n) is 1.20. The number of carbonyl (C=O) groups is 1. The zero-order chi connectivity index (χ0) is 11.4. The van der Waals surface area contributed by atoms with E-state index in [9.17, 15) is 4.79 Å². The molecular formula is C9H13ClN2O2S. The van der Waals surface area contributed by atoms with E-state index in [0.717, 1.165) is 0 Å². The maximum absolute atomic E-state index is 10.7. The van der Waals surface area contributed by atoms with Crippen LogP contribution >= 0.6 is 22.9 Å². The van der Waals surface area contributed by atoms with Crippen molar-refractivity contribution in [1.29, 1.82) is 0 Å². The number of halogens is 1. The lowest BCUT2D eigenvalue weighted by Crippen LogP contribution is -2.32. The minimum absolute atomic E-state index is 0.0397. The van der Waals surface area contributed by atoms with Gasteiger partial charge in [0.2, 0.25) is 0 Å². The van der Waals surface area contributed by atoms with Crippen molar-refractivity contribution in [3.05, 3.63) is 10.5 Å². The van der Waals surface area contributed by atoms with Gasteiger partial charge in [-0.25, -0.2) is 4.98 Å². The van der Waals surface area contributed by atoms with Crippen molar-refractivity contribution >= 4 is 34.0 Å². The number of aromatic nitrogens is 1. The molecule has 0 amide bonds. The molecule has 0 spiro atoms. The van der Waals surface area contributed by atoms with E-state index >= 15 is 0 Å². The molecule has 6 heteroatoms. The van der Waals surface area contributed by atoms with Crippen LogP contribution in [0, 0.1) is 5.92 Å². The Morgan fingerprint density at radius 3 is 2.80 bits per heavy atom. The first-order chi connectivity index (χ1) is 6.99. The molecule has 0 aromatic carbocycles. The molecule has 15 heavy (non-hydrogen) atoms. The lowest BCUT2D eigenvalue weighted by Gasteiger charge is -2.21. The van der Waals surface area contributed by atoms with E-state index in [4.69, 9.17) is 16.7 Å². The van der Waals surface area contributed by atoms with Crippen LogP contribution in [0.5, 0.6) is 0 Å². The number of anilines is 1. The van der Waals surface area contributed by atoms with Crippen molar-refractivity contribution in [2.45, 2.75) is 13.8 Å². The van der Waals surface area contributed by atoms with Gasteiger partial charge >= 0.3 is 5.97 Å². The summed E-state index contributed by atoms with van der Waals surface area (Å²) in [5.41, 5.74) is 0. The van der Waals surface area contributed by atoms with Gasteiger partial charge in [0.1, 0.15) is 11.7 Å². The van der Waals surface area contributed by atoms with Gasteiger partial charge in [0.05, 0.1) is 0 Å². The Labute approximate surface area is 97.5 Å². The van der Waals surface area contributed by atoms with Crippen molar-refractivity contribution < 1.29 is 9.90 Å². The number of hydrogen-bond donors (Lipinski definition) is 1. The van der Waals surface area contributed by atoms with E-state index in [-0.39, 0.29) is 6.54 Å². The van der Waals surface area contributed by atoms with Crippen LogP contribution in [0.15, 0.2) is 5.38 Å². The van der Waals surface area contributed by atoms with Gasteiger partial charge < -0.3 is 10.0 Å². The average molecular weight is 249 g/mol. The molecule has 0 unspecified atom stereocenters. The predicted octanol–water partition coefficient (Wildman–Crippen LogP) is 2.34. The summed E-state index contributed by atoms with van der Waals surface area (Å²) in [5.74, 6) is -0.478. The fraction of sp³-hybridized carbons (Fsp3) is 0.556. The molecule has 1 aromatic rings. The molecule has 1 aromatic heterocycles. The summed E-state index contributed by atoms with van der Waals surface area (Å²) >= 11 is 7.06. The van der Waals surface area contributed by atoms with Crippen molar-refractivity contribution in [2.75, 3.05) is 18.0 Å². The third-order valence-corrected chi connectivity index (χ3v) is 2.87. The molecule has 0 aliphatic heterocycles. The van der Waals surface area contributed by atoms with Gasteiger partial charge in [-0.15, -0.1) is 11.3 Å². The Morgan fingerprint density at radius 1 is 1.73 bits per heavy atom. The molecule has 0 fully saturated rings.